The fourth-order valence-electron chi connectivity index (χ4n) is 0.207. The molecule has 3 nitrogen and oxygen atoms in total. The van der Waals surface area contributed by atoms with Crippen molar-refractivity contribution < 1.29 is 9.76 Å². The molecule has 41 valence electrons. The Morgan fingerprint density at radius 3 is 3.00 bits per heavy atom. The van der Waals surface area contributed by atoms with Gasteiger partial charge in [-0.25, -0.2) is 0 Å². The van der Waals surface area contributed by atoms with Gasteiger partial charge in [-0.2, -0.15) is 0 Å². The summed E-state index contributed by atoms with van der Waals surface area (Å²) in [4.78, 5) is 0. The molecule has 0 aliphatic heterocycles. The Labute approximate surface area is 44.0 Å². The highest BCUT2D eigenvalue weighted by atomic mass is 16.4. The predicted molar refractivity (Wildman–Crippen MR) is 27.9 cm³/mol. The molecule has 0 heterocycles. The molecule has 0 atom stereocenters. The third kappa shape index (κ3) is 5.94. The van der Waals surface area contributed by atoms with Crippen LogP contribution < -0.4 is 5.23 Å². The Kier molecular flexibility index (Phi) is 5.90. The number of aliphatic hydroxyl groups excluding tert-OH is 1. The van der Waals surface area contributed by atoms with E-state index in [9.17, 15) is 0 Å². The summed E-state index contributed by atoms with van der Waals surface area (Å²) in [5.41, 5.74) is 0. The van der Waals surface area contributed by atoms with E-state index in [1.807, 2.05) is 0 Å². The van der Waals surface area contributed by atoms with E-state index in [4.69, 9.17) is 5.11 Å². The van der Waals surface area contributed by atoms with Crippen LogP contribution in [0.3, 0.4) is 0 Å². The van der Waals surface area contributed by atoms with Crippen LogP contribution in [-0.2, 0) is 4.65 Å². The van der Waals surface area contributed by atoms with Crippen LogP contribution >= 0.6 is 0 Å². The van der Waals surface area contributed by atoms with E-state index in [2.05, 4.69) is 9.88 Å². The molecule has 2 N–H and O–H groups in total. The van der Waals surface area contributed by atoms with Gasteiger partial charge in [0.05, 0.1) is 6.61 Å². The molecule has 0 aliphatic carbocycles. The zero-order valence-electron chi connectivity index (χ0n) is 4.35. The van der Waals surface area contributed by atoms with Gasteiger partial charge in [-0.1, -0.05) is 0 Å². The topological polar surface area (TPSA) is 41.5 Å². The standard InChI is InChI=1S/C3H9BNO2/c1-7-4-5-2-3-6/h5-6H,2-3H2,1H3. The molecule has 0 bridgehead atoms. The lowest BCUT2D eigenvalue weighted by molar-refractivity contribution is 0.298. The van der Waals surface area contributed by atoms with Crippen LogP contribution in [0.25, 0.3) is 0 Å². The second-order valence-corrected chi connectivity index (χ2v) is 1.03. The van der Waals surface area contributed by atoms with Crippen molar-refractivity contribution >= 4 is 7.62 Å². The summed E-state index contributed by atoms with van der Waals surface area (Å²) in [7, 11) is 2.97. The van der Waals surface area contributed by atoms with Gasteiger partial charge in [-0.3, -0.25) is 0 Å². The van der Waals surface area contributed by atoms with Crippen LogP contribution in [0.2, 0.25) is 0 Å². The number of hydrogen-bond donors (Lipinski definition) is 2. The first-order chi connectivity index (χ1) is 3.41. The first-order valence-corrected chi connectivity index (χ1v) is 2.10. The zero-order valence-corrected chi connectivity index (χ0v) is 4.35. The van der Waals surface area contributed by atoms with Crippen LogP contribution in [0.4, 0.5) is 0 Å². The highest BCUT2D eigenvalue weighted by Crippen LogP contribution is 1.53. The SMILES string of the molecule is CO[B]NCCO. The van der Waals surface area contributed by atoms with Gasteiger partial charge in [0.2, 0.25) is 0 Å². The summed E-state index contributed by atoms with van der Waals surface area (Å²) >= 11 is 0. The van der Waals surface area contributed by atoms with E-state index >= 15 is 0 Å². The molecule has 1 radical (unpaired) electrons. The summed E-state index contributed by atoms with van der Waals surface area (Å²) in [6.45, 7) is 0.688. The largest absolute Gasteiger partial charge is 0.427 e. The van der Waals surface area contributed by atoms with Gasteiger partial charge in [-0.15, -0.1) is 0 Å². The smallest absolute Gasteiger partial charge is 0.395 e. The van der Waals surface area contributed by atoms with E-state index in [-0.39, 0.29) is 6.61 Å². The van der Waals surface area contributed by atoms with Crippen molar-refractivity contribution in [1.29, 1.82) is 0 Å². The van der Waals surface area contributed by atoms with Crippen LogP contribution in [0.5, 0.6) is 0 Å². The van der Waals surface area contributed by atoms with E-state index in [1.165, 1.54) is 7.62 Å². The normalized spacial score (nSPS) is 8.86. The molecular formula is C3H9BNO2. The molecular weight excluding hydrogens is 92.8 g/mol. The molecule has 0 fully saturated rings. The maximum Gasteiger partial charge on any atom is 0.395 e. The minimum Gasteiger partial charge on any atom is -0.427 e. The number of rotatable bonds is 4. The van der Waals surface area contributed by atoms with Crippen LogP contribution in [0, 0.1) is 0 Å². The Hall–Kier alpha value is -0.0551. The molecule has 0 amide bonds. The molecule has 0 saturated heterocycles. The Morgan fingerprint density at radius 1 is 1.86 bits per heavy atom. The van der Waals surface area contributed by atoms with Crippen molar-refractivity contribution in [2.24, 2.45) is 0 Å². The molecule has 0 aromatic heterocycles. The van der Waals surface area contributed by atoms with Crippen LogP contribution in [0.15, 0.2) is 0 Å². The fraction of sp³-hybridized carbons (Fsp3) is 1.00. The number of nitrogens with one attached hydrogen (secondary N) is 1. The van der Waals surface area contributed by atoms with Gasteiger partial charge < -0.3 is 15.0 Å². The quantitative estimate of drug-likeness (QED) is 0.344. The maximum absolute atomic E-state index is 8.15. The van der Waals surface area contributed by atoms with E-state index in [0.29, 0.717) is 6.54 Å². The van der Waals surface area contributed by atoms with Crippen molar-refractivity contribution in [3.63, 3.8) is 0 Å². The minimum atomic E-state index is 0.139. The first kappa shape index (κ1) is 6.94. The van der Waals surface area contributed by atoms with Crippen LogP contribution in [-0.4, -0.2) is 33.0 Å². The Balaban J connectivity index is 2.45. The van der Waals surface area contributed by atoms with E-state index < -0.39 is 0 Å². The maximum atomic E-state index is 8.15. The van der Waals surface area contributed by atoms with Crippen molar-refractivity contribution in [1.82, 2.24) is 5.23 Å². The predicted octanol–water partition coefficient (Wildman–Crippen LogP) is -1.25. The third-order valence-electron chi connectivity index (χ3n) is 0.457. The fourth-order valence-corrected chi connectivity index (χ4v) is 0.207. The molecule has 7 heavy (non-hydrogen) atoms. The summed E-state index contributed by atoms with van der Waals surface area (Å²) in [6, 6.07) is 0. The van der Waals surface area contributed by atoms with E-state index in [1.54, 1.807) is 7.11 Å². The van der Waals surface area contributed by atoms with Gasteiger partial charge >= 0.3 is 7.62 Å². The number of aliphatic hydroxyl groups is 1. The van der Waals surface area contributed by atoms with E-state index in [0.717, 1.165) is 0 Å². The summed E-state index contributed by atoms with van der Waals surface area (Å²) in [6.07, 6.45) is 0. The Morgan fingerprint density at radius 2 is 2.57 bits per heavy atom. The molecule has 0 rings (SSSR count). The molecule has 0 aromatic carbocycles. The van der Waals surface area contributed by atoms with Crippen molar-refractivity contribution in [2.75, 3.05) is 20.3 Å². The monoisotopic (exact) mass is 102 g/mol. The van der Waals surface area contributed by atoms with Crippen molar-refractivity contribution in [2.45, 2.75) is 0 Å². The molecule has 0 saturated carbocycles. The van der Waals surface area contributed by atoms with Gasteiger partial charge in [0, 0.05) is 13.7 Å². The summed E-state index contributed by atoms with van der Waals surface area (Å²) in [5.74, 6) is 0. The van der Waals surface area contributed by atoms with Crippen LogP contribution in [0.1, 0.15) is 0 Å². The average Bonchev–Trinajstić information content (AvgIpc) is 1.69. The van der Waals surface area contributed by atoms with Gasteiger partial charge in [0.15, 0.2) is 0 Å². The highest BCUT2D eigenvalue weighted by molar-refractivity contribution is 6.23. The van der Waals surface area contributed by atoms with Crippen molar-refractivity contribution in [3.8, 4) is 0 Å². The minimum absolute atomic E-state index is 0.139. The molecule has 0 unspecified atom stereocenters. The van der Waals surface area contributed by atoms with Crippen molar-refractivity contribution in [3.05, 3.63) is 0 Å². The highest BCUT2D eigenvalue weighted by Gasteiger charge is 1.82. The van der Waals surface area contributed by atoms with Gasteiger partial charge in [0.1, 0.15) is 0 Å². The lowest BCUT2D eigenvalue weighted by Gasteiger charge is -1.93. The second kappa shape index (κ2) is 5.94. The van der Waals surface area contributed by atoms with Gasteiger partial charge in [0.25, 0.3) is 0 Å². The lowest BCUT2D eigenvalue weighted by Crippen LogP contribution is -2.23. The molecule has 0 aliphatic rings. The average molecular weight is 102 g/mol. The second-order valence-electron chi connectivity index (χ2n) is 1.03. The van der Waals surface area contributed by atoms with Gasteiger partial charge in [-0.05, 0) is 0 Å². The third-order valence-corrected chi connectivity index (χ3v) is 0.457. The Bertz CT molecular complexity index is 32.1. The molecule has 0 spiro atoms. The first-order valence-electron chi connectivity index (χ1n) is 2.10. The summed E-state index contributed by atoms with van der Waals surface area (Å²) < 4.78 is 4.50. The molecule has 4 heteroatoms. The lowest BCUT2D eigenvalue weighted by atomic mass is 10.3. The zero-order chi connectivity index (χ0) is 5.54. The summed E-state index contributed by atoms with van der Waals surface area (Å²) in [5, 5.41) is 10.8. The molecule has 0 aromatic rings. The number of hydrogen-bond acceptors (Lipinski definition) is 3.